The van der Waals surface area contributed by atoms with Crippen molar-refractivity contribution < 1.29 is 14.7 Å². The Morgan fingerprint density at radius 1 is 1.33 bits per heavy atom. The summed E-state index contributed by atoms with van der Waals surface area (Å²) in [6.07, 6.45) is 0.287. The molecule has 0 radical (unpaired) electrons. The van der Waals surface area contributed by atoms with Gasteiger partial charge in [-0.25, -0.2) is 4.79 Å². The lowest BCUT2D eigenvalue weighted by Gasteiger charge is -2.23. The van der Waals surface area contributed by atoms with Gasteiger partial charge in [-0.2, -0.15) is 0 Å². The number of aromatic nitrogens is 1. The Morgan fingerprint density at radius 3 is 2.62 bits per heavy atom. The number of rotatable bonds is 4. The minimum atomic E-state index is -1.07. The molecule has 2 rings (SSSR count). The first-order valence-corrected chi connectivity index (χ1v) is 6.57. The Morgan fingerprint density at radius 2 is 2.00 bits per heavy atom. The van der Waals surface area contributed by atoms with Gasteiger partial charge < -0.3 is 15.0 Å². The van der Waals surface area contributed by atoms with E-state index in [1.807, 2.05) is 0 Å². The molecular weight excluding hydrogens is 272 g/mol. The molecule has 2 aromatic rings. The highest BCUT2D eigenvalue weighted by Crippen LogP contribution is 2.13. The number of hydrogen-bond donors (Lipinski definition) is 2. The number of pyridine rings is 1. The second kappa shape index (κ2) is 5.78. The van der Waals surface area contributed by atoms with Crippen molar-refractivity contribution in [3.05, 3.63) is 46.4 Å². The Kier molecular flexibility index (Phi) is 4.07. The molecule has 1 aromatic heterocycles. The van der Waals surface area contributed by atoms with E-state index >= 15 is 0 Å². The van der Waals surface area contributed by atoms with Crippen LogP contribution >= 0.6 is 0 Å². The van der Waals surface area contributed by atoms with E-state index in [1.165, 1.54) is 7.05 Å². The fourth-order valence-electron chi connectivity index (χ4n) is 2.27. The maximum Gasteiger partial charge on any atom is 0.326 e. The summed E-state index contributed by atoms with van der Waals surface area (Å²) >= 11 is 0. The summed E-state index contributed by atoms with van der Waals surface area (Å²) in [6, 6.07) is 7.54. The van der Waals surface area contributed by atoms with Gasteiger partial charge >= 0.3 is 5.97 Å². The maximum atomic E-state index is 12.3. The standard InChI is InChI=1S/C15H16N2O4/c1-3-12(15(20)21)17(2)14(19)11-8-9-6-4-5-7-10(9)13(18)16-11/h4-8,12H,3H2,1-2H3,(H,16,18)(H,20,21). The van der Waals surface area contributed by atoms with Crippen LogP contribution in [-0.2, 0) is 4.79 Å². The molecule has 0 spiro atoms. The van der Waals surface area contributed by atoms with E-state index in [4.69, 9.17) is 5.11 Å². The number of carbonyl (C=O) groups is 2. The smallest absolute Gasteiger partial charge is 0.326 e. The molecule has 21 heavy (non-hydrogen) atoms. The van der Waals surface area contributed by atoms with E-state index in [0.29, 0.717) is 10.8 Å². The van der Waals surface area contributed by atoms with Gasteiger partial charge in [0.25, 0.3) is 11.5 Å². The van der Waals surface area contributed by atoms with Gasteiger partial charge in [-0.1, -0.05) is 25.1 Å². The zero-order chi connectivity index (χ0) is 15.6. The molecule has 0 aliphatic carbocycles. The zero-order valence-corrected chi connectivity index (χ0v) is 11.8. The van der Waals surface area contributed by atoms with E-state index in [9.17, 15) is 14.4 Å². The molecule has 0 aliphatic rings. The van der Waals surface area contributed by atoms with E-state index in [1.54, 1.807) is 37.3 Å². The first-order chi connectivity index (χ1) is 9.95. The highest BCUT2D eigenvalue weighted by atomic mass is 16.4. The number of likely N-dealkylation sites (N-methyl/N-ethyl adjacent to an activating group) is 1. The van der Waals surface area contributed by atoms with E-state index in [0.717, 1.165) is 4.90 Å². The van der Waals surface area contributed by atoms with Crippen LogP contribution in [-0.4, -0.2) is 40.0 Å². The lowest BCUT2D eigenvalue weighted by Crippen LogP contribution is -2.42. The topological polar surface area (TPSA) is 90.5 Å². The van der Waals surface area contributed by atoms with Crippen molar-refractivity contribution in [1.82, 2.24) is 9.88 Å². The van der Waals surface area contributed by atoms with E-state index in [2.05, 4.69) is 4.98 Å². The van der Waals surface area contributed by atoms with Crippen LogP contribution in [0.3, 0.4) is 0 Å². The van der Waals surface area contributed by atoms with Gasteiger partial charge in [-0.15, -0.1) is 0 Å². The Hall–Kier alpha value is -2.63. The third-order valence-corrected chi connectivity index (χ3v) is 3.44. The number of amides is 1. The van der Waals surface area contributed by atoms with E-state index < -0.39 is 17.9 Å². The van der Waals surface area contributed by atoms with Crippen LogP contribution in [0.25, 0.3) is 10.8 Å². The van der Waals surface area contributed by atoms with Crippen LogP contribution in [0.1, 0.15) is 23.8 Å². The summed E-state index contributed by atoms with van der Waals surface area (Å²) in [7, 11) is 1.41. The molecule has 0 fully saturated rings. The third kappa shape index (κ3) is 2.79. The number of carboxylic acid groups (broad SMARTS) is 1. The molecule has 0 bridgehead atoms. The molecule has 2 N–H and O–H groups in total. The number of aliphatic carboxylic acids is 1. The predicted octanol–water partition coefficient (Wildman–Crippen LogP) is 1.46. The number of nitrogens with zero attached hydrogens (tertiary/aromatic N) is 1. The van der Waals surface area contributed by atoms with Crippen molar-refractivity contribution in [3.63, 3.8) is 0 Å². The van der Waals surface area contributed by atoms with Crippen LogP contribution in [0.2, 0.25) is 0 Å². The number of H-pyrrole nitrogens is 1. The molecule has 110 valence electrons. The largest absolute Gasteiger partial charge is 0.480 e. The quantitative estimate of drug-likeness (QED) is 0.891. The summed E-state index contributed by atoms with van der Waals surface area (Å²) < 4.78 is 0. The fraction of sp³-hybridized carbons (Fsp3) is 0.267. The lowest BCUT2D eigenvalue weighted by molar-refractivity contribution is -0.142. The Bertz CT molecular complexity index is 751. The van der Waals surface area contributed by atoms with Crippen LogP contribution in [0, 0.1) is 0 Å². The highest BCUT2D eigenvalue weighted by molar-refractivity contribution is 5.97. The number of nitrogens with one attached hydrogen (secondary N) is 1. The van der Waals surface area contributed by atoms with Crippen molar-refractivity contribution in [2.45, 2.75) is 19.4 Å². The fourth-order valence-corrected chi connectivity index (χ4v) is 2.27. The monoisotopic (exact) mass is 288 g/mol. The second-order valence-electron chi connectivity index (χ2n) is 4.78. The Balaban J connectivity index is 2.44. The summed E-state index contributed by atoms with van der Waals surface area (Å²) in [5, 5.41) is 10.2. The molecular formula is C15H16N2O4. The molecule has 0 saturated heterocycles. The summed E-state index contributed by atoms with van der Waals surface area (Å²) in [5.41, 5.74) is -0.283. The normalized spacial score (nSPS) is 12.1. The number of hydrogen-bond acceptors (Lipinski definition) is 3. The van der Waals surface area contributed by atoms with Gasteiger partial charge in [0.05, 0.1) is 0 Å². The summed E-state index contributed by atoms with van der Waals surface area (Å²) in [6.45, 7) is 1.69. The highest BCUT2D eigenvalue weighted by Gasteiger charge is 2.26. The van der Waals surface area contributed by atoms with Crippen molar-refractivity contribution in [1.29, 1.82) is 0 Å². The summed E-state index contributed by atoms with van der Waals surface area (Å²) in [4.78, 5) is 39.1. The van der Waals surface area contributed by atoms with Crippen molar-refractivity contribution in [2.75, 3.05) is 7.05 Å². The number of aromatic amines is 1. The van der Waals surface area contributed by atoms with Crippen LogP contribution in [0.4, 0.5) is 0 Å². The van der Waals surface area contributed by atoms with Crippen LogP contribution < -0.4 is 5.56 Å². The van der Waals surface area contributed by atoms with E-state index in [-0.39, 0.29) is 17.7 Å². The third-order valence-electron chi connectivity index (χ3n) is 3.44. The molecule has 6 nitrogen and oxygen atoms in total. The average Bonchev–Trinajstić information content (AvgIpc) is 2.46. The van der Waals surface area contributed by atoms with Gasteiger partial charge in [0.1, 0.15) is 11.7 Å². The van der Waals surface area contributed by atoms with Gasteiger partial charge in [0.2, 0.25) is 0 Å². The Labute approximate surface area is 121 Å². The molecule has 0 aliphatic heterocycles. The van der Waals surface area contributed by atoms with Crippen LogP contribution in [0.15, 0.2) is 35.1 Å². The van der Waals surface area contributed by atoms with Crippen molar-refractivity contribution >= 4 is 22.6 Å². The van der Waals surface area contributed by atoms with Gasteiger partial charge in [0, 0.05) is 12.4 Å². The number of carbonyl (C=O) groups excluding carboxylic acids is 1. The molecule has 1 heterocycles. The molecule has 1 unspecified atom stereocenters. The predicted molar refractivity (Wildman–Crippen MR) is 78.4 cm³/mol. The maximum absolute atomic E-state index is 12.3. The minimum absolute atomic E-state index is 0.0842. The lowest BCUT2D eigenvalue weighted by atomic mass is 10.1. The number of benzene rings is 1. The number of carboxylic acids is 1. The van der Waals surface area contributed by atoms with Gasteiger partial charge in [0.15, 0.2) is 0 Å². The number of fused-ring (bicyclic) bond motifs is 1. The van der Waals surface area contributed by atoms with Gasteiger partial charge in [-0.05, 0) is 23.9 Å². The molecule has 1 amide bonds. The molecule has 6 heteroatoms. The molecule has 1 aromatic carbocycles. The average molecular weight is 288 g/mol. The molecule has 0 saturated carbocycles. The molecule has 1 atom stereocenters. The first-order valence-electron chi connectivity index (χ1n) is 6.57. The zero-order valence-electron chi connectivity index (χ0n) is 11.8. The minimum Gasteiger partial charge on any atom is -0.480 e. The second-order valence-corrected chi connectivity index (χ2v) is 4.78. The van der Waals surface area contributed by atoms with Crippen molar-refractivity contribution in [3.8, 4) is 0 Å². The van der Waals surface area contributed by atoms with Crippen LogP contribution in [0.5, 0.6) is 0 Å². The van der Waals surface area contributed by atoms with Gasteiger partial charge in [-0.3, -0.25) is 9.59 Å². The summed E-state index contributed by atoms with van der Waals surface area (Å²) in [5.74, 6) is -1.59. The first kappa shape index (κ1) is 14.8. The van der Waals surface area contributed by atoms with Crippen molar-refractivity contribution in [2.24, 2.45) is 0 Å². The SMILES string of the molecule is CCC(C(=O)O)N(C)C(=O)c1cc2ccccc2c(=O)[nH]1.